The molecule has 1 aliphatic heterocycles. The molecule has 2 N–H and O–H groups in total. The first-order valence-corrected chi connectivity index (χ1v) is 9.03. The van der Waals surface area contributed by atoms with Crippen molar-refractivity contribution >= 4 is 23.3 Å². The van der Waals surface area contributed by atoms with Crippen LogP contribution in [0.4, 0.5) is 24.7 Å². The molecule has 0 radical (unpaired) electrons. The summed E-state index contributed by atoms with van der Waals surface area (Å²) in [6, 6.07) is 6.13. The van der Waals surface area contributed by atoms with Crippen molar-refractivity contribution in [1.82, 2.24) is 4.98 Å². The molecular weight excluding hydrogens is 387 g/mol. The Bertz CT molecular complexity index is 918. The number of hydrogen-bond acceptors (Lipinski definition) is 4. The Kier molecular flexibility index (Phi) is 5.88. The molecule has 9 heteroatoms. The van der Waals surface area contributed by atoms with Gasteiger partial charge in [0.05, 0.1) is 5.56 Å². The highest BCUT2D eigenvalue weighted by molar-refractivity contribution is 6.05. The van der Waals surface area contributed by atoms with Crippen LogP contribution in [0.2, 0.25) is 0 Å². The topological polar surface area (TPSA) is 80.3 Å². The Hall–Kier alpha value is -2.94. The van der Waals surface area contributed by atoms with Gasteiger partial charge in [0.2, 0.25) is 0 Å². The number of amides is 2. The van der Waals surface area contributed by atoms with E-state index in [1.807, 2.05) is 6.92 Å². The standard InChI is InChI=1S/C20H20F3N3O3/c1-11-6-12(2)24-17(7-11)26-18(27)13-8-14(20(21,22)23)10-15(9-13)25-19(28)16-4-3-5-29-16/h6-10,16H,3-5H2,1-2H3,(H,25,28)(H,24,26,27). The van der Waals surface area contributed by atoms with Crippen molar-refractivity contribution in [2.24, 2.45) is 0 Å². The fourth-order valence-corrected chi connectivity index (χ4v) is 3.10. The summed E-state index contributed by atoms with van der Waals surface area (Å²) in [5.41, 5.74) is 0.0960. The number of nitrogens with zero attached hydrogens (tertiary/aromatic N) is 1. The Labute approximate surface area is 165 Å². The molecule has 3 rings (SSSR count). The van der Waals surface area contributed by atoms with Crippen molar-refractivity contribution in [1.29, 1.82) is 0 Å². The molecule has 1 atom stereocenters. The number of benzene rings is 1. The van der Waals surface area contributed by atoms with Gasteiger partial charge in [0, 0.05) is 23.6 Å². The van der Waals surface area contributed by atoms with E-state index >= 15 is 0 Å². The first-order valence-electron chi connectivity index (χ1n) is 9.03. The van der Waals surface area contributed by atoms with Crippen LogP contribution < -0.4 is 10.6 Å². The fourth-order valence-electron chi connectivity index (χ4n) is 3.10. The summed E-state index contributed by atoms with van der Waals surface area (Å²) in [4.78, 5) is 28.9. The Morgan fingerprint density at radius 2 is 1.86 bits per heavy atom. The second-order valence-corrected chi connectivity index (χ2v) is 6.91. The lowest BCUT2D eigenvalue weighted by molar-refractivity contribution is -0.137. The smallest absolute Gasteiger partial charge is 0.368 e. The zero-order chi connectivity index (χ0) is 21.2. The van der Waals surface area contributed by atoms with Crippen LogP contribution in [-0.2, 0) is 15.7 Å². The number of nitrogens with one attached hydrogen (secondary N) is 2. The number of carbonyl (C=O) groups excluding carboxylic acids is 2. The van der Waals surface area contributed by atoms with Crippen LogP contribution in [0.3, 0.4) is 0 Å². The van der Waals surface area contributed by atoms with E-state index in [0.29, 0.717) is 25.1 Å². The van der Waals surface area contributed by atoms with Gasteiger partial charge in [-0.05, 0) is 62.6 Å². The maximum atomic E-state index is 13.3. The quantitative estimate of drug-likeness (QED) is 0.800. The van der Waals surface area contributed by atoms with Crippen LogP contribution >= 0.6 is 0 Å². The molecule has 0 spiro atoms. The zero-order valence-corrected chi connectivity index (χ0v) is 15.9. The van der Waals surface area contributed by atoms with Gasteiger partial charge in [-0.15, -0.1) is 0 Å². The van der Waals surface area contributed by atoms with Gasteiger partial charge in [-0.1, -0.05) is 0 Å². The molecule has 0 aliphatic carbocycles. The van der Waals surface area contributed by atoms with E-state index in [0.717, 1.165) is 17.7 Å². The number of pyridine rings is 1. The van der Waals surface area contributed by atoms with Gasteiger partial charge in [-0.3, -0.25) is 9.59 Å². The SMILES string of the molecule is Cc1cc(C)nc(NC(=O)c2cc(NC(=O)C3CCCO3)cc(C(F)(F)F)c2)c1. The minimum absolute atomic E-state index is 0.126. The molecule has 1 saturated heterocycles. The number of ether oxygens (including phenoxy) is 1. The van der Waals surface area contributed by atoms with Crippen LogP contribution in [0.15, 0.2) is 30.3 Å². The maximum absolute atomic E-state index is 13.3. The van der Waals surface area contributed by atoms with Crippen LogP contribution in [0.1, 0.15) is 40.0 Å². The Morgan fingerprint density at radius 1 is 1.10 bits per heavy atom. The summed E-state index contributed by atoms with van der Waals surface area (Å²) in [6.07, 6.45) is -4.19. The first-order chi connectivity index (χ1) is 13.6. The second-order valence-electron chi connectivity index (χ2n) is 6.91. The van der Waals surface area contributed by atoms with Crippen molar-refractivity contribution < 1.29 is 27.5 Å². The molecule has 1 unspecified atom stereocenters. The number of anilines is 2. The number of aryl methyl sites for hydroxylation is 2. The lowest BCUT2D eigenvalue weighted by Gasteiger charge is -2.15. The average Bonchev–Trinajstić information content (AvgIpc) is 3.14. The first kappa shape index (κ1) is 20.8. The molecule has 1 aromatic heterocycles. The van der Waals surface area contributed by atoms with E-state index in [1.165, 1.54) is 6.07 Å². The van der Waals surface area contributed by atoms with Crippen molar-refractivity contribution in [2.45, 2.75) is 39.0 Å². The molecule has 29 heavy (non-hydrogen) atoms. The highest BCUT2D eigenvalue weighted by Crippen LogP contribution is 2.32. The van der Waals surface area contributed by atoms with E-state index in [2.05, 4.69) is 15.6 Å². The molecular formula is C20H20F3N3O3. The highest BCUT2D eigenvalue weighted by atomic mass is 19.4. The lowest BCUT2D eigenvalue weighted by atomic mass is 10.1. The van der Waals surface area contributed by atoms with E-state index in [1.54, 1.807) is 19.1 Å². The maximum Gasteiger partial charge on any atom is 0.416 e. The number of carbonyl (C=O) groups is 2. The van der Waals surface area contributed by atoms with Crippen molar-refractivity contribution in [3.05, 3.63) is 52.7 Å². The molecule has 6 nitrogen and oxygen atoms in total. The van der Waals surface area contributed by atoms with Gasteiger partial charge in [0.15, 0.2) is 0 Å². The van der Waals surface area contributed by atoms with Crippen molar-refractivity contribution in [2.75, 3.05) is 17.2 Å². The number of rotatable bonds is 4. The number of halogens is 3. The van der Waals surface area contributed by atoms with Gasteiger partial charge >= 0.3 is 6.18 Å². The van der Waals surface area contributed by atoms with E-state index in [4.69, 9.17) is 4.74 Å². The predicted octanol–water partition coefficient (Wildman–Crippen LogP) is 4.09. The van der Waals surface area contributed by atoms with Crippen molar-refractivity contribution in [3.63, 3.8) is 0 Å². The van der Waals surface area contributed by atoms with Gasteiger partial charge in [0.25, 0.3) is 11.8 Å². The van der Waals surface area contributed by atoms with E-state index in [9.17, 15) is 22.8 Å². The molecule has 2 heterocycles. The normalized spacial score (nSPS) is 16.5. The predicted molar refractivity (Wildman–Crippen MR) is 101 cm³/mol. The summed E-state index contributed by atoms with van der Waals surface area (Å²) in [7, 11) is 0. The fraction of sp³-hybridized carbons (Fsp3) is 0.350. The third-order valence-electron chi connectivity index (χ3n) is 4.35. The molecule has 1 aromatic carbocycles. The summed E-state index contributed by atoms with van der Waals surface area (Å²) in [5.74, 6) is -1.07. The zero-order valence-electron chi connectivity index (χ0n) is 15.9. The Morgan fingerprint density at radius 3 is 2.48 bits per heavy atom. The van der Waals surface area contributed by atoms with Gasteiger partial charge in [0.1, 0.15) is 11.9 Å². The minimum atomic E-state index is -4.68. The highest BCUT2D eigenvalue weighted by Gasteiger charge is 2.32. The van der Waals surface area contributed by atoms with Crippen molar-refractivity contribution in [3.8, 4) is 0 Å². The van der Waals surface area contributed by atoms with Crippen LogP contribution in [0.25, 0.3) is 0 Å². The van der Waals surface area contributed by atoms with Gasteiger partial charge in [-0.2, -0.15) is 13.2 Å². The van der Waals surface area contributed by atoms with Gasteiger partial charge < -0.3 is 15.4 Å². The third kappa shape index (κ3) is 5.32. The second kappa shape index (κ2) is 8.20. The monoisotopic (exact) mass is 407 g/mol. The molecule has 2 aromatic rings. The molecule has 154 valence electrons. The lowest BCUT2D eigenvalue weighted by Crippen LogP contribution is -2.27. The van der Waals surface area contributed by atoms with Crippen LogP contribution in [0.5, 0.6) is 0 Å². The molecule has 0 bridgehead atoms. The summed E-state index contributed by atoms with van der Waals surface area (Å²) >= 11 is 0. The minimum Gasteiger partial charge on any atom is -0.368 e. The average molecular weight is 407 g/mol. The molecule has 2 amide bonds. The van der Waals surface area contributed by atoms with E-state index < -0.39 is 29.7 Å². The van der Waals surface area contributed by atoms with Gasteiger partial charge in [-0.25, -0.2) is 4.98 Å². The third-order valence-corrected chi connectivity index (χ3v) is 4.35. The molecule has 0 saturated carbocycles. The van der Waals surface area contributed by atoms with Crippen LogP contribution in [0, 0.1) is 13.8 Å². The summed E-state index contributed by atoms with van der Waals surface area (Å²) < 4.78 is 45.1. The molecule has 1 aliphatic rings. The van der Waals surface area contributed by atoms with Crippen LogP contribution in [-0.4, -0.2) is 29.5 Å². The largest absolute Gasteiger partial charge is 0.416 e. The number of hydrogen-bond donors (Lipinski definition) is 2. The van der Waals surface area contributed by atoms with E-state index in [-0.39, 0.29) is 17.1 Å². The Balaban J connectivity index is 1.88. The summed E-state index contributed by atoms with van der Waals surface area (Å²) in [5, 5.41) is 4.91. The number of alkyl halides is 3. The number of aromatic nitrogens is 1. The summed E-state index contributed by atoms with van der Waals surface area (Å²) in [6.45, 7) is 3.98. The molecule has 1 fully saturated rings.